The van der Waals surface area contributed by atoms with E-state index < -0.39 is 15.8 Å². The predicted octanol–water partition coefficient (Wildman–Crippen LogP) is 2.99. The van der Waals surface area contributed by atoms with E-state index in [-0.39, 0.29) is 36.0 Å². The second-order valence-electron chi connectivity index (χ2n) is 7.77. The Hall–Kier alpha value is -1.19. The molecule has 2 fully saturated rings. The number of hydrogen-bond donors (Lipinski definition) is 0. The molecule has 2 heterocycles. The van der Waals surface area contributed by atoms with Crippen molar-refractivity contribution in [2.45, 2.75) is 30.9 Å². The molecule has 1 amide bonds. The Morgan fingerprint density at radius 2 is 1.83 bits per heavy atom. The average molecular weight is 458 g/mol. The number of carbonyl (C=O) groups is 2. The van der Waals surface area contributed by atoms with Crippen molar-refractivity contribution in [2.24, 2.45) is 5.92 Å². The summed E-state index contributed by atoms with van der Waals surface area (Å²) in [6, 6.07) is 6.99. The lowest BCUT2D eigenvalue weighted by Crippen LogP contribution is -2.45. The molecule has 9 heteroatoms. The smallest absolute Gasteiger partial charge is 0.338 e. The summed E-state index contributed by atoms with van der Waals surface area (Å²) in [6.45, 7) is 4.01. The Bertz CT molecular complexity index is 832. The number of ether oxygens (including phenoxy) is 1. The van der Waals surface area contributed by atoms with Crippen molar-refractivity contribution in [2.75, 3.05) is 36.2 Å². The van der Waals surface area contributed by atoms with Crippen molar-refractivity contribution in [1.82, 2.24) is 4.90 Å². The molecule has 0 aromatic heterocycles. The van der Waals surface area contributed by atoms with E-state index in [4.69, 9.17) is 4.74 Å². The molecule has 1 atom stereocenters. The lowest BCUT2D eigenvalue weighted by Gasteiger charge is -2.29. The normalized spacial score (nSPS) is 21.4. The maximum absolute atomic E-state index is 12.7. The van der Waals surface area contributed by atoms with Crippen LogP contribution >= 0.6 is 23.5 Å². The van der Waals surface area contributed by atoms with Crippen LogP contribution in [0.4, 0.5) is 0 Å². The summed E-state index contributed by atoms with van der Waals surface area (Å²) in [5.74, 6) is 1.66. The third kappa shape index (κ3) is 6.15. The van der Waals surface area contributed by atoms with Gasteiger partial charge in [-0.05, 0) is 30.0 Å². The van der Waals surface area contributed by atoms with Crippen molar-refractivity contribution in [3.63, 3.8) is 0 Å². The van der Waals surface area contributed by atoms with Gasteiger partial charge in [0.25, 0.3) is 5.91 Å². The third-order valence-corrected chi connectivity index (χ3v) is 9.75. The van der Waals surface area contributed by atoms with Gasteiger partial charge in [-0.3, -0.25) is 4.79 Å². The van der Waals surface area contributed by atoms with Crippen molar-refractivity contribution < 1.29 is 22.7 Å². The minimum absolute atomic E-state index is 0.0158. The fourth-order valence-corrected chi connectivity index (χ4v) is 8.08. The summed E-state index contributed by atoms with van der Waals surface area (Å²) in [4.78, 5) is 26.6. The van der Waals surface area contributed by atoms with Gasteiger partial charge in [0.1, 0.15) is 0 Å². The highest BCUT2D eigenvalue weighted by Crippen LogP contribution is 2.45. The Balaban J connectivity index is 1.57. The summed E-state index contributed by atoms with van der Waals surface area (Å²) in [5.41, 5.74) is 1.59. The molecule has 2 saturated heterocycles. The number of nitrogens with zero attached hydrogens (tertiary/aromatic N) is 1. The molecule has 2 aliphatic rings. The van der Waals surface area contributed by atoms with E-state index >= 15 is 0 Å². The van der Waals surface area contributed by atoms with E-state index in [9.17, 15) is 18.0 Å². The number of hydrogen-bond acceptors (Lipinski definition) is 7. The number of rotatable bonds is 7. The van der Waals surface area contributed by atoms with E-state index in [0.29, 0.717) is 23.1 Å². The van der Waals surface area contributed by atoms with Crippen LogP contribution in [0.2, 0.25) is 0 Å². The number of amides is 1. The monoisotopic (exact) mass is 457 g/mol. The minimum atomic E-state index is -3.10. The van der Waals surface area contributed by atoms with E-state index in [2.05, 4.69) is 0 Å². The second-order valence-corrected chi connectivity index (χ2v) is 12.7. The van der Waals surface area contributed by atoms with Gasteiger partial charge in [-0.2, -0.15) is 0 Å². The lowest BCUT2D eigenvalue weighted by molar-refractivity contribution is -0.137. The van der Waals surface area contributed by atoms with Crippen molar-refractivity contribution in [3.05, 3.63) is 35.4 Å². The van der Waals surface area contributed by atoms with Crippen LogP contribution in [0, 0.1) is 5.92 Å². The van der Waals surface area contributed by atoms with Crippen LogP contribution in [0.1, 0.15) is 40.8 Å². The van der Waals surface area contributed by atoms with Crippen LogP contribution in [0.5, 0.6) is 0 Å². The van der Waals surface area contributed by atoms with Crippen molar-refractivity contribution >= 4 is 45.2 Å². The molecule has 0 bridgehead atoms. The van der Waals surface area contributed by atoms with Gasteiger partial charge in [-0.25, -0.2) is 13.2 Å². The topological polar surface area (TPSA) is 80.8 Å². The van der Waals surface area contributed by atoms with Crippen LogP contribution < -0.4 is 0 Å². The Morgan fingerprint density at radius 1 is 1.17 bits per heavy atom. The molecule has 0 N–H and O–H groups in total. The van der Waals surface area contributed by atoms with Gasteiger partial charge in [0.2, 0.25) is 0 Å². The van der Waals surface area contributed by atoms with Crippen LogP contribution in [0.3, 0.4) is 0 Å². The van der Waals surface area contributed by atoms with Gasteiger partial charge < -0.3 is 9.64 Å². The van der Waals surface area contributed by atoms with Crippen molar-refractivity contribution in [1.29, 1.82) is 0 Å². The number of sulfone groups is 1. The molecule has 6 nitrogen and oxygen atoms in total. The first kappa shape index (κ1) is 22.5. The molecule has 3 rings (SSSR count). The van der Waals surface area contributed by atoms with Gasteiger partial charge >= 0.3 is 5.97 Å². The highest BCUT2D eigenvalue weighted by atomic mass is 32.2. The van der Waals surface area contributed by atoms with Gasteiger partial charge in [-0.15, -0.1) is 23.5 Å². The van der Waals surface area contributed by atoms with Crippen LogP contribution in [-0.2, 0) is 19.4 Å². The van der Waals surface area contributed by atoms with Crippen LogP contribution in [-0.4, -0.2) is 67.4 Å². The summed E-state index contributed by atoms with van der Waals surface area (Å²) >= 11 is 3.79. The van der Waals surface area contributed by atoms with E-state index in [1.165, 1.54) is 5.56 Å². The second kappa shape index (κ2) is 9.75. The van der Waals surface area contributed by atoms with E-state index in [1.54, 1.807) is 17.0 Å². The van der Waals surface area contributed by atoms with Crippen molar-refractivity contribution in [3.8, 4) is 0 Å². The van der Waals surface area contributed by atoms with Crippen LogP contribution in [0.15, 0.2) is 24.3 Å². The molecule has 0 unspecified atom stereocenters. The zero-order valence-corrected chi connectivity index (χ0v) is 19.2. The Morgan fingerprint density at radius 3 is 2.38 bits per heavy atom. The first-order chi connectivity index (χ1) is 13.7. The fourth-order valence-electron chi connectivity index (χ4n) is 3.49. The fraction of sp³-hybridized carbons (Fsp3) is 0.600. The lowest BCUT2D eigenvalue weighted by atomic mass is 10.1. The largest absolute Gasteiger partial charge is 0.452 e. The van der Waals surface area contributed by atoms with Crippen LogP contribution in [0.25, 0.3) is 0 Å². The predicted molar refractivity (Wildman–Crippen MR) is 118 cm³/mol. The molecular weight excluding hydrogens is 430 g/mol. The zero-order chi connectivity index (χ0) is 21.0. The van der Waals surface area contributed by atoms with E-state index in [0.717, 1.165) is 11.5 Å². The molecular formula is C20H27NO5S3. The number of benzene rings is 1. The third-order valence-electron chi connectivity index (χ3n) is 4.90. The first-order valence-electron chi connectivity index (χ1n) is 9.75. The van der Waals surface area contributed by atoms with Gasteiger partial charge in [0, 0.05) is 24.1 Å². The standard InChI is InChI=1S/C20H27NO5S3/c1-14(2)11-21(17-7-10-29(24,25)13-17)18(22)12-26-19(23)15-3-5-16(6-4-15)20-27-8-9-28-20/h3-6,14,17,20H,7-13H2,1-2H3/t17-/m0/s1. The molecule has 1 aromatic carbocycles. The first-order valence-corrected chi connectivity index (χ1v) is 13.7. The Labute approximate surface area is 181 Å². The molecule has 2 aliphatic heterocycles. The molecule has 1 aromatic rings. The molecule has 29 heavy (non-hydrogen) atoms. The minimum Gasteiger partial charge on any atom is -0.452 e. The molecule has 0 radical (unpaired) electrons. The number of esters is 1. The molecule has 0 aliphatic carbocycles. The Kier molecular flexibility index (Phi) is 7.56. The quantitative estimate of drug-likeness (QED) is 0.582. The number of thioether (sulfide) groups is 2. The molecule has 0 spiro atoms. The summed E-state index contributed by atoms with van der Waals surface area (Å²) < 4.78 is 29.3. The summed E-state index contributed by atoms with van der Waals surface area (Å²) in [7, 11) is -3.10. The maximum Gasteiger partial charge on any atom is 0.338 e. The summed E-state index contributed by atoms with van der Waals surface area (Å²) in [5, 5.41) is 0. The van der Waals surface area contributed by atoms with Gasteiger partial charge in [-0.1, -0.05) is 26.0 Å². The highest BCUT2D eigenvalue weighted by Gasteiger charge is 2.35. The van der Waals surface area contributed by atoms with Gasteiger partial charge in [0.15, 0.2) is 16.4 Å². The highest BCUT2D eigenvalue weighted by molar-refractivity contribution is 8.19. The van der Waals surface area contributed by atoms with Gasteiger partial charge in [0.05, 0.1) is 21.7 Å². The van der Waals surface area contributed by atoms with E-state index in [1.807, 2.05) is 49.5 Å². The SMILES string of the molecule is CC(C)CN(C(=O)COC(=O)c1ccc(C2SCCS2)cc1)[C@H]1CCS(=O)(=O)C1. The maximum atomic E-state index is 12.7. The summed E-state index contributed by atoms with van der Waals surface area (Å²) in [6.07, 6.45) is 0.438. The molecule has 160 valence electrons. The number of carbonyl (C=O) groups excluding carboxylic acids is 2. The molecule has 0 saturated carbocycles. The zero-order valence-electron chi connectivity index (χ0n) is 16.7. The average Bonchev–Trinajstić information content (AvgIpc) is 3.33.